The molecule has 0 aliphatic carbocycles. The molecule has 0 bridgehead atoms. The highest BCUT2D eigenvalue weighted by Crippen LogP contribution is 2.21. The van der Waals surface area contributed by atoms with Gasteiger partial charge in [-0.05, 0) is 43.5 Å². The molecular formula is C15H22N2S2. The first kappa shape index (κ1) is 14.8. The number of aromatic nitrogens is 1. The number of nitrogens with zero attached hydrogens (tertiary/aromatic N) is 1. The highest BCUT2D eigenvalue weighted by Gasteiger charge is 2.01. The van der Waals surface area contributed by atoms with Crippen molar-refractivity contribution in [2.24, 2.45) is 0 Å². The van der Waals surface area contributed by atoms with E-state index in [9.17, 15) is 0 Å². The Morgan fingerprint density at radius 1 is 1.16 bits per heavy atom. The second-order valence-corrected chi connectivity index (χ2v) is 6.76. The zero-order valence-electron chi connectivity index (χ0n) is 11.5. The summed E-state index contributed by atoms with van der Waals surface area (Å²) in [5.41, 5.74) is 1.13. The van der Waals surface area contributed by atoms with Gasteiger partial charge < -0.3 is 5.32 Å². The molecule has 2 nitrogen and oxygen atoms in total. The monoisotopic (exact) mass is 294 g/mol. The number of benzene rings is 1. The van der Waals surface area contributed by atoms with Crippen LogP contribution in [0.2, 0.25) is 0 Å². The number of hydrogen-bond donors (Lipinski definition) is 1. The summed E-state index contributed by atoms with van der Waals surface area (Å²) in [6.07, 6.45) is 7.52. The summed E-state index contributed by atoms with van der Waals surface area (Å²) in [4.78, 5) is 4.62. The third-order valence-corrected chi connectivity index (χ3v) is 4.80. The van der Waals surface area contributed by atoms with Crippen LogP contribution in [-0.4, -0.2) is 23.5 Å². The van der Waals surface area contributed by atoms with Gasteiger partial charge in [0.25, 0.3) is 0 Å². The minimum Gasteiger partial charge on any atom is -0.310 e. The Kier molecular flexibility index (Phi) is 6.68. The van der Waals surface area contributed by atoms with Crippen molar-refractivity contribution < 1.29 is 0 Å². The summed E-state index contributed by atoms with van der Waals surface area (Å²) in [5, 5.41) is 4.69. The molecule has 2 aromatic rings. The molecule has 1 N–H and O–H groups in total. The van der Waals surface area contributed by atoms with Crippen LogP contribution in [-0.2, 0) is 6.54 Å². The molecule has 2 rings (SSSR count). The van der Waals surface area contributed by atoms with Crippen molar-refractivity contribution in [1.82, 2.24) is 10.3 Å². The molecule has 1 aromatic carbocycles. The maximum absolute atomic E-state index is 4.62. The standard InChI is InChI=1S/C15H22N2S2/c1-18-11-7-3-2-6-10-16-12-15-17-13-8-4-5-9-14(13)19-15/h4-5,8-9,16H,2-3,6-7,10-12H2,1H3. The first-order chi connectivity index (χ1) is 9.40. The Morgan fingerprint density at radius 3 is 2.84 bits per heavy atom. The Morgan fingerprint density at radius 2 is 2.00 bits per heavy atom. The average Bonchev–Trinajstić information content (AvgIpc) is 2.84. The van der Waals surface area contributed by atoms with Crippen LogP contribution in [0.3, 0.4) is 0 Å². The van der Waals surface area contributed by atoms with Gasteiger partial charge in [-0.3, -0.25) is 0 Å². The fourth-order valence-corrected chi connectivity index (χ4v) is 3.47. The van der Waals surface area contributed by atoms with Crippen LogP contribution < -0.4 is 5.32 Å². The molecule has 0 fully saturated rings. The fourth-order valence-electron chi connectivity index (χ4n) is 2.04. The van der Waals surface area contributed by atoms with Gasteiger partial charge in [0, 0.05) is 6.54 Å². The van der Waals surface area contributed by atoms with Gasteiger partial charge in [-0.1, -0.05) is 25.0 Å². The van der Waals surface area contributed by atoms with Gasteiger partial charge >= 0.3 is 0 Å². The fraction of sp³-hybridized carbons (Fsp3) is 0.533. The van der Waals surface area contributed by atoms with Crippen LogP contribution in [0.15, 0.2) is 24.3 Å². The molecule has 1 heterocycles. The van der Waals surface area contributed by atoms with E-state index in [0.717, 1.165) is 18.6 Å². The second kappa shape index (κ2) is 8.56. The lowest BCUT2D eigenvalue weighted by atomic mass is 10.2. The third-order valence-electron chi connectivity index (χ3n) is 3.07. The summed E-state index contributed by atoms with van der Waals surface area (Å²) in [6.45, 7) is 2.01. The number of rotatable bonds is 9. The summed E-state index contributed by atoms with van der Waals surface area (Å²) in [6, 6.07) is 8.35. The van der Waals surface area contributed by atoms with E-state index >= 15 is 0 Å². The SMILES string of the molecule is CSCCCCCCNCc1nc2ccccc2s1. The van der Waals surface area contributed by atoms with Gasteiger partial charge in [0.2, 0.25) is 0 Å². The number of para-hydroxylation sites is 1. The summed E-state index contributed by atoms with van der Waals surface area (Å²) < 4.78 is 1.29. The van der Waals surface area contributed by atoms with E-state index in [0.29, 0.717) is 0 Å². The topological polar surface area (TPSA) is 24.9 Å². The maximum Gasteiger partial charge on any atom is 0.108 e. The van der Waals surface area contributed by atoms with E-state index in [1.165, 1.54) is 41.1 Å². The van der Waals surface area contributed by atoms with E-state index < -0.39 is 0 Å². The molecular weight excluding hydrogens is 272 g/mol. The highest BCUT2D eigenvalue weighted by molar-refractivity contribution is 7.98. The average molecular weight is 294 g/mol. The number of unbranched alkanes of at least 4 members (excludes halogenated alkanes) is 3. The van der Waals surface area contributed by atoms with Crippen molar-refractivity contribution in [3.8, 4) is 0 Å². The van der Waals surface area contributed by atoms with Crippen LogP contribution in [0, 0.1) is 0 Å². The molecule has 0 aliphatic rings. The minimum atomic E-state index is 0.907. The molecule has 0 atom stereocenters. The zero-order valence-corrected chi connectivity index (χ0v) is 13.2. The van der Waals surface area contributed by atoms with E-state index in [1.807, 2.05) is 17.8 Å². The number of thiazole rings is 1. The molecule has 104 valence electrons. The largest absolute Gasteiger partial charge is 0.310 e. The number of hydrogen-bond acceptors (Lipinski definition) is 4. The Bertz CT molecular complexity index is 449. The van der Waals surface area contributed by atoms with Crippen molar-refractivity contribution in [2.45, 2.75) is 32.2 Å². The zero-order chi connectivity index (χ0) is 13.3. The van der Waals surface area contributed by atoms with Gasteiger partial charge in [-0.15, -0.1) is 11.3 Å². The maximum atomic E-state index is 4.62. The normalized spacial score (nSPS) is 11.2. The summed E-state index contributed by atoms with van der Waals surface area (Å²) >= 11 is 3.74. The molecule has 0 amide bonds. The van der Waals surface area contributed by atoms with Crippen LogP contribution in [0.25, 0.3) is 10.2 Å². The Labute approximate surface area is 124 Å². The quantitative estimate of drug-likeness (QED) is 0.698. The van der Waals surface area contributed by atoms with Crippen LogP contribution in [0.5, 0.6) is 0 Å². The van der Waals surface area contributed by atoms with Crippen molar-refractivity contribution >= 4 is 33.3 Å². The molecule has 0 radical (unpaired) electrons. The van der Waals surface area contributed by atoms with Gasteiger partial charge in [0.1, 0.15) is 5.01 Å². The predicted molar refractivity (Wildman–Crippen MR) is 88.2 cm³/mol. The minimum absolute atomic E-state index is 0.907. The first-order valence-corrected chi connectivity index (χ1v) is 9.15. The van der Waals surface area contributed by atoms with Gasteiger partial charge in [-0.25, -0.2) is 4.98 Å². The predicted octanol–water partition coefficient (Wildman–Crippen LogP) is 4.31. The highest BCUT2D eigenvalue weighted by atomic mass is 32.2. The van der Waals surface area contributed by atoms with Crippen molar-refractivity contribution in [1.29, 1.82) is 0 Å². The van der Waals surface area contributed by atoms with Crippen LogP contribution >= 0.6 is 23.1 Å². The molecule has 19 heavy (non-hydrogen) atoms. The molecule has 0 spiro atoms. The van der Waals surface area contributed by atoms with E-state index in [-0.39, 0.29) is 0 Å². The molecule has 4 heteroatoms. The number of nitrogens with one attached hydrogen (secondary N) is 1. The van der Waals surface area contributed by atoms with Crippen LogP contribution in [0.4, 0.5) is 0 Å². The Balaban J connectivity index is 1.60. The first-order valence-electron chi connectivity index (χ1n) is 6.94. The number of thioether (sulfide) groups is 1. The van der Waals surface area contributed by atoms with E-state index in [1.54, 1.807) is 11.3 Å². The summed E-state index contributed by atoms with van der Waals surface area (Å²) in [5.74, 6) is 1.30. The lowest BCUT2D eigenvalue weighted by Gasteiger charge is -2.02. The second-order valence-electron chi connectivity index (χ2n) is 4.66. The molecule has 0 aliphatic heterocycles. The summed E-state index contributed by atoms with van der Waals surface area (Å²) in [7, 11) is 0. The Hall–Kier alpha value is -0.580. The van der Waals surface area contributed by atoms with Gasteiger partial charge in [0.05, 0.1) is 10.2 Å². The lowest BCUT2D eigenvalue weighted by Crippen LogP contribution is -2.14. The molecule has 0 saturated carbocycles. The van der Waals surface area contributed by atoms with Gasteiger partial charge in [0.15, 0.2) is 0 Å². The smallest absolute Gasteiger partial charge is 0.108 e. The third kappa shape index (κ3) is 5.13. The van der Waals surface area contributed by atoms with E-state index in [2.05, 4.69) is 34.8 Å². The lowest BCUT2D eigenvalue weighted by molar-refractivity contribution is 0.599. The van der Waals surface area contributed by atoms with Gasteiger partial charge in [-0.2, -0.15) is 11.8 Å². The van der Waals surface area contributed by atoms with Crippen molar-refractivity contribution in [3.05, 3.63) is 29.3 Å². The molecule has 0 unspecified atom stereocenters. The van der Waals surface area contributed by atoms with Crippen molar-refractivity contribution in [2.75, 3.05) is 18.6 Å². The van der Waals surface area contributed by atoms with Crippen LogP contribution in [0.1, 0.15) is 30.7 Å². The number of fused-ring (bicyclic) bond motifs is 1. The molecule has 0 saturated heterocycles. The van der Waals surface area contributed by atoms with Crippen molar-refractivity contribution in [3.63, 3.8) is 0 Å². The molecule has 1 aromatic heterocycles. The van der Waals surface area contributed by atoms with E-state index in [4.69, 9.17) is 0 Å².